The van der Waals surface area contributed by atoms with E-state index in [1.807, 2.05) is 0 Å². The van der Waals surface area contributed by atoms with E-state index in [-0.39, 0.29) is 13.2 Å². The molecule has 2 rings (SSSR count). The van der Waals surface area contributed by atoms with Crippen LogP contribution in [-0.2, 0) is 13.2 Å². The third kappa shape index (κ3) is 3.64. The van der Waals surface area contributed by atoms with Crippen LogP contribution in [0.25, 0.3) is 0 Å². The quantitative estimate of drug-likeness (QED) is 0.570. The second-order valence-electron chi connectivity index (χ2n) is 3.43. The van der Waals surface area contributed by atoms with Crippen LogP contribution < -0.4 is 10.6 Å². The van der Waals surface area contributed by atoms with E-state index >= 15 is 0 Å². The Morgan fingerprint density at radius 1 is 0.889 bits per heavy atom. The van der Waals surface area contributed by atoms with Crippen LogP contribution in [0.4, 0.5) is 10.3 Å². The molecule has 2 aromatic rings. The first-order valence-electron chi connectivity index (χ1n) is 5.40. The van der Waals surface area contributed by atoms with E-state index in [9.17, 15) is 0 Å². The summed E-state index contributed by atoms with van der Waals surface area (Å²) in [6.07, 6.45) is 3.32. The average molecular weight is 286 g/mol. The summed E-state index contributed by atoms with van der Waals surface area (Å²) >= 11 is 2.88. The third-order valence-corrected chi connectivity index (χ3v) is 3.98. The number of rotatable bonds is 7. The normalized spacial score (nSPS) is 10.6. The fourth-order valence-electron chi connectivity index (χ4n) is 1.26. The van der Waals surface area contributed by atoms with Gasteiger partial charge >= 0.3 is 0 Å². The van der Waals surface area contributed by atoms with E-state index in [4.69, 9.17) is 10.2 Å². The van der Waals surface area contributed by atoms with Gasteiger partial charge in [0.05, 0.1) is 23.0 Å². The number of aromatic nitrogens is 2. The van der Waals surface area contributed by atoms with Gasteiger partial charge in [0.1, 0.15) is 0 Å². The molecule has 0 fully saturated rings. The molecule has 2 aromatic heterocycles. The van der Waals surface area contributed by atoms with Crippen LogP contribution in [0.5, 0.6) is 0 Å². The molecule has 0 amide bonds. The summed E-state index contributed by atoms with van der Waals surface area (Å²) in [5.74, 6) is 0. The van der Waals surface area contributed by atoms with Crippen molar-refractivity contribution in [2.45, 2.75) is 13.2 Å². The maximum absolute atomic E-state index is 8.90. The molecule has 18 heavy (non-hydrogen) atoms. The highest BCUT2D eigenvalue weighted by Gasteiger charge is 2.01. The molecule has 0 aliphatic carbocycles. The van der Waals surface area contributed by atoms with Gasteiger partial charge in [-0.25, -0.2) is 9.97 Å². The Bertz CT molecular complexity index is 441. The first-order chi connectivity index (χ1) is 8.81. The van der Waals surface area contributed by atoms with E-state index in [2.05, 4.69) is 20.6 Å². The van der Waals surface area contributed by atoms with Crippen molar-refractivity contribution in [2.24, 2.45) is 0 Å². The molecule has 0 bridgehead atoms. The monoisotopic (exact) mass is 286 g/mol. The lowest BCUT2D eigenvalue weighted by Gasteiger charge is -2.03. The fraction of sp³-hybridized carbons (Fsp3) is 0.400. The number of aliphatic hydroxyl groups is 2. The molecule has 4 N–H and O–H groups in total. The van der Waals surface area contributed by atoms with Gasteiger partial charge in [-0.05, 0) is 0 Å². The van der Waals surface area contributed by atoms with Crippen LogP contribution in [0, 0.1) is 0 Å². The van der Waals surface area contributed by atoms with E-state index < -0.39 is 0 Å². The van der Waals surface area contributed by atoms with E-state index in [1.54, 1.807) is 12.4 Å². The van der Waals surface area contributed by atoms with Gasteiger partial charge in [0, 0.05) is 25.5 Å². The first kappa shape index (κ1) is 13.2. The van der Waals surface area contributed by atoms with Crippen LogP contribution >= 0.6 is 22.7 Å². The molecule has 0 aliphatic rings. The molecule has 0 unspecified atom stereocenters. The minimum Gasteiger partial charge on any atom is -0.391 e. The number of nitrogens with zero attached hydrogens (tertiary/aromatic N) is 2. The van der Waals surface area contributed by atoms with Crippen LogP contribution in [0.2, 0.25) is 0 Å². The fourth-order valence-corrected chi connectivity index (χ4v) is 2.66. The van der Waals surface area contributed by atoms with Crippen molar-refractivity contribution in [3.05, 3.63) is 22.1 Å². The van der Waals surface area contributed by atoms with Crippen molar-refractivity contribution >= 4 is 32.9 Å². The molecule has 0 spiro atoms. The van der Waals surface area contributed by atoms with Gasteiger partial charge in [0.25, 0.3) is 0 Å². The summed E-state index contributed by atoms with van der Waals surface area (Å²) in [6.45, 7) is 1.49. The Hall–Kier alpha value is -1.22. The number of hydrogen-bond donors (Lipinski definition) is 4. The molecule has 0 saturated heterocycles. The second kappa shape index (κ2) is 6.64. The highest BCUT2D eigenvalue weighted by Crippen LogP contribution is 2.18. The predicted octanol–water partition coefficient (Wildman–Crippen LogP) is 1.11. The van der Waals surface area contributed by atoms with Crippen molar-refractivity contribution in [1.29, 1.82) is 0 Å². The molecule has 98 valence electrons. The topological polar surface area (TPSA) is 90.3 Å². The maximum atomic E-state index is 8.90. The minimum absolute atomic E-state index is 0.0284. The van der Waals surface area contributed by atoms with Crippen LogP contribution in [0.15, 0.2) is 12.4 Å². The van der Waals surface area contributed by atoms with Gasteiger partial charge in [-0.2, -0.15) is 0 Å². The molecular weight excluding hydrogens is 272 g/mol. The lowest BCUT2D eigenvalue weighted by Crippen LogP contribution is -2.13. The Labute approximate surface area is 112 Å². The molecule has 0 saturated carbocycles. The number of nitrogens with one attached hydrogen (secondary N) is 2. The molecule has 2 heterocycles. The summed E-state index contributed by atoms with van der Waals surface area (Å²) in [6, 6.07) is 0. The summed E-state index contributed by atoms with van der Waals surface area (Å²) in [4.78, 5) is 9.94. The van der Waals surface area contributed by atoms with Crippen molar-refractivity contribution < 1.29 is 10.2 Å². The summed E-state index contributed by atoms with van der Waals surface area (Å²) in [5, 5.41) is 25.7. The predicted molar refractivity (Wildman–Crippen MR) is 73.1 cm³/mol. The van der Waals surface area contributed by atoms with Gasteiger partial charge < -0.3 is 20.8 Å². The molecule has 0 aliphatic heterocycles. The first-order valence-corrected chi connectivity index (χ1v) is 7.04. The SMILES string of the molecule is OCc1cnc(NCCNc2ncc(CO)s2)s1. The number of thiazole rings is 2. The van der Waals surface area contributed by atoms with Gasteiger partial charge in [-0.3, -0.25) is 0 Å². The Morgan fingerprint density at radius 2 is 1.33 bits per heavy atom. The highest BCUT2D eigenvalue weighted by molar-refractivity contribution is 7.15. The molecule has 8 heteroatoms. The van der Waals surface area contributed by atoms with Crippen LogP contribution in [0.3, 0.4) is 0 Å². The average Bonchev–Trinajstić information content (AvgIpc) is 3.03. The molecule has 0 atom stereocenters. The van der Waals surface area contributed by atoms with Gasteiger partial charge in [-0.1, -0.05) is 22.7 Å². The Balaban J connectivity index is 1.69. The summed E-state index contributed by atoms with van der Waals surface area (Å²) in [7, 11) is 0. The van der Waals surface area contributed by atoms with E-state index in [0.29, 0.717) is 13.1 Å². The molecular formula is C10H14N4O2S2. The van der Waals surface area contributed by atoms with Gasteiger partial charge in [-0.15, -0.1) is 0 Å². The van der Waals surface area contributed by atoms with Gasteiger partial charge in [0.15, 0.2) is 10.3 Å². The van der Waals surface area contributed by atoms with Crippen molar-refractivity contribution in [3.63, 3.8) is 0 Å². The van der Waals surface area contributed by atoms with Gasteiger partial charge in [0.2, 0.25) is 0 Å². The lowest BCUT2D eigenvalue weighted by atomic mass is 10.6. The smallest absolute Gasteiger partial charge is 0.182 e. The van der Waals surface area contributed by atoms with Crippen LogP contribution in [0.1, 0.15) is 9.75 Å². The Kier molecular flexibility index (Phi) is 4.88. The zero-order valence-electron chi connectivity index (χ0n) is 9.59. The zero-order valence-corrected chi connectivity index (χ0v) is 11.2. The number of anilines is 2. The molecule has 0 aromatic carbocycles. The van der Waals surface area contributed by atoms with Crippen molar-refractivity contribution in [2.75, 3.05) is 23.7 Å². The maximum Gasteiger partial charge on any atom is 0.182 e. The van der Waals surface area contributed by atoms with Crippen LogP contribution in [-0.4, -0.2) is 33.3 Å². The lowest BCUT2D eigenvalue weighted by molar-refractivity contribution is 0.285. The molecule has 0 radical (unpaired) electrons. The summed E-state index contributed by atoms with van der Waals surface area (Å²) < 4.78 is 0. The standard InChI is InChI=1S/C10H14N4O2S2/c15-5-7-3-13-9(17-7)11-1-2-12-10-14-4-8(6-16)18-10/h3-4,15-16H,1-2,5-6H2,(H,11,13)(H,12,14). The highest BCUT2D eigenvalue weighted by atomic mass is 32.1. The minimum atomic E-state index is 0.0284. The van der Waals surface area contributed by atoms with Crippen molar-refractivity contribution in [3.8, 4) is 0 Å². The third-order valence-electron chi connectivity index (χ3n) is 2.10. The number of aliphatic hydroxyl groups excluding tert-OH is 2. The van der Waals surface area contributed by atoms with E-state index in [0.717, 1.165) is 20.0 Å². The number of hydrogen-bond acceptors (Lipinski definition) is 8. The molecule has 6 nitrogen and oxygen atoms in total. The van der Waals surface area contributed by atoms with Crippen molar-refractivity contribution in [1.82, 2.24) is 9.97 Å². The zero-order chi connectivity index (χ0) is 12.8. The second-order valence-corrected chi connectivity index (χ2v) is 5.66. The van der Waals surface area contributed by atoms with E-state index in [1.165, 1.54) is 22.7 Å². The summed E-state index contributed by atoms with van der Waals surface area (Å²) in [5.41, 5.74) is 0. The Morgan fingerprint density at radius 3 is 1.67 bits per heavy atom. The largest absolute Gasteiger partial charge is 0.391 e.